The first-order valence-corrected chi connectivity index (χ1v) is 8.00. The molecule has 9 heteroatoms. The van der Waals surface area contributed by atoms with E-state index in [2.05, 4.69) is 4.99 Å². The lowest BCUT2D eigenvalue weighted by molar-refractivity contribution is -0.113. The largest absolute Gasteiger partial charge is 0.351 e. The number of aliphatic imine (C=N–C) groups is 1. The Kier molecular flexibility index (Phi) is 4.62. The standard InChI is InChI=1S/C15H11F5N2OS/c16-9-7(10(17)12(19)13(20)11(9)18)6-8-14(23)21-15(24-8)22-4-2-1-3-5-22/h6H,1-5H2. The summed E-state index contributed by atoms with van der Waals surface area (Å²) >= 11 is 0.869. The molecule has 0 unspecified atom stereocenters. The number of hydrogen-bond acceptors (Lipinski definition) is 3. The lowest BCUT2D eigenvalue weighted by Gasteiger charge is -2.27. The van der Waals surface area contributed by atoms with Gasteiger partial charge >= 0.3 is 0 Å². The third-order valence-corrected chi connectivity index (χ3v) is 4.80. The van der Waals surface area contributed by atoms with Crippen LogP contribution in [0.25, 0.3) is 6.08 Å². The second-order valence-corrected chi connectivity index (χ2v) is 6.35. The molecule has 0 N–H and O–H groups in total. The Bertz CT molecular complexity index is 743. The summed E-state index contributed by atoms with van der Waals surface area (Å²) in [6, 6.07) is 0. The minimum absolute atomic E-state index is 0.182. The van der Waals surface area contributed by atoms with Crippen molar-refractivity contribution in [3.63, 3.8) is 0 Å². The van der Waals surface area contributed by atoms with Gasteiger partial charge in [0.2, 0.25) is 5.82 Å². The number of hydrogen-bond donors (Lipinski definition) is 0. The van der Waals surface area contributed by atoms with Crippen LogP contribution in [0.5, 0.6) is 0 Å². The average molecular weight is 362 g/mol. The number of halogens is 5. The average Bonchev–Trinajstić information content (AvgIpc) is 2.97. The van der Waals surface area contributed by atoms with E-state index in [-0.39, 0.29) is 4.91 Å². The summed E-state index contributed by atoms with van der Waals surface area (Å²) < 4.78 is 66.9. The van der Waals surface area contributed by atoms with Crippen LogP contribution in [0.1, 0.15) is 24.8 Å². The van der Waals surface area contributed by atoms with Crippen LogP contribution in [-0.4, -0.2) is 29.1 Å². The van der Waals surface area contributed by atoms with Crippen molar-refractivity contribution < 1.29 is 26.7 Å². The molecule has 3 rings (SSSR count). The highest BCUT2D eigenvalue weighted by molar-refractivity contribution is 8.18. The predicted molar refractivity (Wildman–Crippen MR) is 79.7 cm³/mol. The molecule has 0 bridgehead atoms. The second kappa shape index (κ2) is 6.54. The van der Waals surface area contributed by atoms with E-state index in [9.17, 15) is 26.7 Å². The van der Waals surface area contributed by atoms with E-state index in [1.54, 1.807) is 0 Å². The fourth-order valence-corrected chi connectivity index (χ4v) is 3.44. The monoisotopic (exact) mass is 362 g/mol. The molecule has 1 fully saturated rings. The zero-order valence-corrected chi connectivity index (χ0v) is 13.0. The number of likely N-dealkylation sites (tertiary alicyclic amines) is 1. The minimum atomic E-state index is -2.23. The molecule has 0 atom stereocenters. The lowest BCUT2D eigenvalue weighted by atomic mass is 10.1. The second-order valence-electron chi connectivity index (χ2n) is 5.34. The topological polar surface area (TPSA) is 32.7 Å². The van der Waals surface area contributed by atoms with Crippen LogP contribution in [0.4, 0.5) is 22.0 Å². The van der Waals surface area contributed by atoms with Crippen molar-refractivity contribution in [3.05, 3.63) is 39.6 Å². The van der Waals surface area contributed by atoms with E-state index in [0.29, 0.717) is 24.3 Å². The Labute approximate surface area is 138 Å². The van der Waals surface area contributed by atoms with Crippen LogP contribution >= 0.6 is 11.8 Å². The van der Waals surface area contributed by atoms with Crippen LogP contribution in [0.15, 0.2) is 9.90 Å². The Morgan fingerprint density at radius 1 is 0.875 bits per heavy atom. The molecule has 2 aliphatic rings. The highest BCUT2D eigenvalue weighted by Crippen LogP contribution is 2.33. The Morgan fingerprint density at radius 2 is 1.42 bits per heavy atom. The van der Waals surface area contributed by atoms with Gasteiger partial charge in [0.05, 0.1) is 10.5 Å². The highest BCUT2D eigenvalue weighted by Gasteiger charge is 2.30. The zero-order chi connectivity index (χ0) is 17.4. The van der Waals surface area contributed by atoms with Crippen molar-refractivity contribution in [2.45, 2.75) is 19.3 Å². The van der Waals surface area contributed by atoms with Gasteiger partial charge in [-0.3, -0.25) is 4.79 Å². The molecule has 0 radical (unpaired) electrons. The van der Waals surface area contributed by atoms with Crippen LogP contribution < -0.4 is 0 Å². The summed E-state index contributed by atoms with van der Waals surface area (Å²) in [6.45, 7) is 1.41. The number of rotatable bonds is 1. The summed E-state index contributed by atoms with van der Waals surface area (Å²) in [5.74, 6) is -11.0. The fourth-order valence-electron chi connectivity index (χ4n) is 2.50. The third-order valence-electron chi connectivity index (χ3n) is 3.75. The van der Waals surface area contributed by atoms with Crippen molar-refractivity contribution in [2.75, 3.05) is 13.1 Å². The first kappa shape index (κ1) is 16.9. The molecule has 2 heterocycles. The minimum Gasteiger partial charge on any atom is -0.351 e. The van der Waals surface area contributed by atoms with Crippen LogP contribution in [0.3, 0.4) is 0 Å². The maximum atomic E-state index is 13.7. The van der Waals surface area contributed by atoms with Crippen molar-refractivity contribution >= 4 is 28.9 Å². The first-order valence-electron chi connectivity index (χ1n) is 7.19. The zero-order valence-electron chi connectivity index (χ0n) is 12.2. The summed E-state index contributed by atoms with van der Waals surface area (Å²) in [5, 5.41) is 0.384. The number of benzene rings is 1. The number of thioether (sulfide) groups is 1. The Balaban J connectivity index is 1.92. The predicted octanol–water partition coefficient (Wildman–Crippen LogP) is 3.84. The maximum absolute atomic E-state index is 13.7. The van der Waals surface area contributed by atoms with E-state index in [1.807, 2.05) is 4.90 Å². The summed E-state index contributed by atoms with van der Waals surface area (Å²) in [4.78, 5) is 17.4. The van der Waals surface area contributed by atoms with E-state index >= 15 is 0 Å². The molecule has 2 aliphatic heterocycles. The van der Waals surface area contributed by atoms with Gasteiger partial charge in [0, 0.05) is 13.1 Å². The number of amidine groups is 1. The molecule has 1 aromatic carbocycles. The quantitative estimate of drug-likeness (QED) is 0.329. The molecule has 0 spiro atoms. The van der Waals surface area contributed by atoms with Crippen LogP contribution in [0, 0.1) is 29.1 Å². The van der Waals surface area contributed by atoms with E-state index in [4.69, 9.17) is 0 Å². The number of nitrogens with zero attached hydrogens (tertiary/aromatic N) is 2. The van der Waals surface area contributed by atoms with Gasteiger partial charge in [-0.05, 0) is 37.1 Å². The van der Waals surface area contributed by atoms with Gasteiger partial charge < -0.3 is 4.90 Å². The summed E-state index contributed by atoms with van der Waals surface area (Å²) in [7, 11) is 0. The lowest BCUT2D eigenvalue weighted by Crippen LogP contribution is -2.33. The van der Waals surface area contributed by atoms with E-state index < -0.39 is 40.6 Å². The molecular formula is C15H11F5N2OS. The molecule has 1 saturated heterocycles. The molecule has 1 amide bonds. The molecule has 0 aromatic heterocycles. The summed E-state index contributed by atoms with van der Waals surface area (Å²) in [6.07, 6.45) is 3.59. The SMILES string of the molecule is O=C1N=C(N2CCCCC2)SC1=Cc1c(F)c(F)c(F)c(F)c1F. The molecular weight excluding hydrogens is 351 g/mol. The van der Waals surface area contributed by atoms with Crippen LogP contribution in [-0.2, 0) is 4.79 Å². The molecule has 1 aromatic rings. The van der Waals surface area contributed by atoms with Gasteiger partial charge in [0.15, 0.2) is 28.4 Å². The first-order chi connectivity index (χ1) is 11.4. The van der Waals surface area contributed by atoms with Gasteiger partial charge in [0.25, 0.3) is 5.91 Å². The van der Waals surface area contributed by atoms with Gasteiger partial charge in [-0.2, -0.15) is 4.99 Å². The highest BCUT2D eigenvalue weighted by atomic mass is 32.2. The van der Waals surface area contributed by atoms with Crippen molar-refractivity contribution in [2.24, 2.45) is 4.99 Å². The Hall–Kier alpha value is -1.90. The van der Waals surface area contributed by atoms with Crippen molar-refractivity contribution in [1.29, 1.82) is 0 Å². The smallest absolute Gasteiger partial charge is 0.286 e. The number of carbonyl (C=O) groups excluding carboxylic acids is 1. The maximum Gasteiger partial charge on any atom is 0.286 e. The molecule has 0 saturated carbocycles. The molecule has 128 valence electrons. The van der Waals surface area contributed by atoms with Gasteiger partial charge in [-0.15, -0.1) is 0 Å². The van der Waals surface area contributed by atoms with Gasteiger partial charge in [-0.25, -0.2) is 22.0 Å². The van der Waals surface area contributed by atoms with E-state index in [1.165, 1.54) is 0 Å². The van der Waals surface area contributed by atoms with E-state index in [0.717, 1.165) is 31.0 Å². The van der Waals surface area contributed by atoms with Crippen LogP contribution in [0.2, 0.25) is 0 Å². The molecule has 3 nitrogen and oxygen atoms in total. The molecule has 24 heavy (non-hydrogen) atoms. The molecule has 0 aliphatic carbocycles. The number of amides is 1. The van der Waals surface area contributed by atoms with Crippen molar-refractivity contribution in [3.8, 4) is 0 Å². The number of carbonyl (C=O) groups is 1. The van der Waals surface area contributed by atoms with Gasteiger partial charge in [-0.1, -0.05) is 0 Å². The third kappa shape index (κ3) is 2.92. The summed E-state index contributed by atoms with van der Waals surface area (Å²) in [5.41, 5.74) is -1.14. The number of piperidine rings is 1. The van der Waals surface area contributed by atoms with Crippen molar-refractivity contribution in [1.82, 2.24) is 4.90 Å². The Morgan fingerprint density at radius 3 is 2.00 bits per heavy atom. The normalized spacial score (nSPS) is 20.0. The fraction of sp³-hybridized carbons (Fsp3) is 0.333. The van der Waals surface area contributed by atoms with Gasteiger partial charge in [0.1, 0.15) is 0 Å².